The fourth-order valence-electron chi connectivity index (χ4n) is 2.92. The van der Waals surface area contributed by atoms with Crippen molar-refractivity contribution in [2.75, 3.05) is 6.54 Å². The molecule has 1 aromatic carbocycles. The zero-order valence-electron chi connectivity index (χ0n) is 18.5. The van der Waals surface area contributed by atoms with E-state index in [0.29, 0.717) is 5.56 Å². The fourth-order valence-corrected chi connectivity index (χ4v) is 2.92. The Bertz CT molecular complexity index is 857. The van der Waals surface area contributed by atoms with E-state index in [4.69, 9.17) is 11.5 Å². The number of carbonyl (C=O) groups is 5. The van der Waals surface area contributed by atoms with Crippen LogP contribution in [-0.2, 0) is 30.4 Å². The minimum atomic E-state index is -1.40. The van der Waals surface area contributed by atoms with Crippen molar-refractivity contribution >= 4 is 29.6 Å². The first-order chi connectivity index (χ1) is 15.4. The van der Waals surface area contributed by atoms with Crippen molar-refractivity contribution in [2.45, 2.75) is 51.2 Å². The second-order valence-corrected chi connectivity index (χ2v) is 7.83. The van der Waals surface area contributed by atoms with Crippen LogP contribution in [0.1, 0.15) is 32.3 Å². The highest BCUT2D eigenvalue weighted by molar-refractivity contribution is 5.94. The average molecular weight is 466 g/mol. The first kappa shape index (κ1) is 27.4. The van der Waals surface area contributed by atoms with E-state index in [2.05, 4.69) is 16.0 Å². The van der Waals surface area contributed by atoms with Gasteiger partial charge in [-0.15, -0.1) is 0 Å². The third-order valence-electron chi connectivity index (χ3n) is 4.75. The van der Waals surface area contributed by atoms with Crippen LogP contribution < -0.4 is 27.4 Å². The standard InChI is InChI=1S/C21H31N5O7/c1-11(2)18(26-17(29)10-22)20(31)25-15(9-12-3-5-13(27)6-4-12)19(30)24-14(21(32)33)7-8-16(23)28/h3-6,11,14-15,18,27H,7-10,22H2,1-2H3,(H2,23,28)(H,24,30)(H,25,31)(H,26,29)(H,32,33). The Balaban J connectivity index is 3.10. The van der Waals surface area contributed by atoms with Gasteiger partial charge < -0.3 is 37.6 Å². The van der Waals surface area contributed by atoms with Gasteiger partial charge in [-0.3, -0.25) is 19.2 Å². The molecule has 0 bridgehead atoms. The topological polar surface area (TPSA) is 214 Å². The van der Waals surface area contributed by atoms with E-state index in [0.717, 1.165) is 0 Å². The van der Waals surface area contributed by atoms with Gasteiger partial charge in [-0.2, -0.15) is 0 Å². The maximum Gasteiger partial charge on any atom is 0.326 e. The SMILES string of the molecule is CC(C)C(NC(=O)CN)C(=O)NC(Cc1ccc(O)cc1)C(=O)NC(CCC(N)=O)C(=O)O. The molecule has 0 aliphatic heterocycles. The van der Waals surface area contributed by atoms with Gasteiger partial charge in [0.05, 0.1) is 6.54 Å². The summed E-state index contributed by atoms with van der Waals surface area (Å²) in [5.74, 6) is -4.43. The molecule has 33 heavy (non-hydrogen) atoms. The lowest BCUT2D eigenvalue weighted by molar-refractivity contribution is -0.142. The van der Waals surface area contributed by atoms with Crippen LogP contribution in [0, 0.1) is 5.92 Å². The summed E-state index contributed by atoms with van der Waals surface area (Å²) in [5.41, 5.74) is 10.9. The number of rotatable bonds is 13. The number of primary amides is 1. The number of carboxylic acids is 1. The molecule has 182 valence electrons. The molecule has 0 saturated carbocycles. The van der Waals surface area contributed by atoms with Gasteiger partial charge in [0.15, 0.2) is 0 Å². The quantitative estimate of drug-likeness (QED) is 0.179. The molecule has 0 heterocycles. The molecule has 12 nitrogen and oxygen atoms in total. The number of nitrogens with one attached hydrogen (secondary N) is 3. The third-order valence-corrected chi connectivity index (χ3v) is 4.75. The van der Waals surface area contributed by atoms with Crippen LogP contribution in [0.3, 0.4) is 0 Å². The van der Waals surface area contributed by atoms with Gasteiger partial charge in [-0.05, 0) is 30.0 Å². The molecule has 0 aromatic heterocycles. The normalized spacial score (nSPS) is 13.5. The van der Waals surface area contributed by atoms with E-state index < -0.39 is 47.7 Å². The lowest BCUT2D eigenvalue weighted by Crippen LogP contribution is -2.58. The van der Waals surface area contributed by atoms with E-state index >= 15 is 0 Å². The molecule has 1 rings (SSSR count). The van der Waals surface area contributed by atoms with Crippen molar-refractivity contribution in [1.29, 1.82) is 0 Å². The van der Waals surface area contributed by atoms with Gasteiger partial charge in [-0.1, -0.05) is 26.0 Å². The third kappa shape index (κ3) is 9.56. The summed E-state index contributed by atoms with van der Waals surface area (Å²) in [6.45, 7) is 3.06. The van der Waals surface area contributed by atoms with Crippen LogP contribution in [0.2, 0.25) is 0 Å². The van der Waals surface area contributed by atoms with E-state index in [9.17, 15) is 34.2 Å². The minimum absolute atomic E-state index is 0.00514. The van der Waals surface area contributed by atoms with Crippen molar-refractivity contribution in [2.24, 2.45) is 17.4 Å². The Labute approximate surface area is 191 Å². The van der Waals surface area contributed by atoms with Crippen molar-refractivity contribution in [1.82, 2.24) is 16.0 Å². The second-order valence-electron chi connectivity index (χ2n) is 7.83. The van der Waals surface area contributed by atoms with Gasteiger partial charge in [0.2, 0.25) is 23.6 Å². The molecular weight excluding hydrogens is 434 g/mol. The summed E-state index contributed by atoms with van der Waals surface area (Å²) < 4.78 is 0. The lowest BCUT2D eigenvalue weighted by Gasteiger charge is -2.26. The number of amides is 4. The number of benzene rings is 1. The van der Waals surface area contributed by atoms with Gasteiger partial charge in [-0.25, -0.2) is 4.79 Å². The molecule has 0 fully saturated rings. The van der Waals surface area contributed by atoms with Crippen molar-refractivity contribution in [3.63, 3.8) is 0 Å². The highest BCUT2D eigenvalue weighted by atomic mass is 16.4. The molecule has 12 heteroatoms. The number of phenolic OH excluding ortho intramolecular Hbond substituents is 1. The highest BCUT2D eigenvalue weighted by Gasteiger charge is 2.31. The Morgan fingerprint density at radius 2 is 1.52 bits per heavy atom. The van der Waals surface area contributed by atoms with Gasteiger partial charge in [0.1, 0.15) is 23.9 Å². The number of nitrogens with two attached hydrogens (primary N) is 2. The number of hydrogen-bond donors (Lipinski definition) is 7. The Morgan fingerprint density at radius 3 is 2.00 bits per heavy atom. The largest absolute Gasteiger partial charge is 0.508 e. The molecule has 0 aliphatic carbocycles. The highest BCUT2D eigenvalue weighted by Crippen LogP contribution is 2.12. The van der Waals surface area contributed by atoms with Crippen LogP contribution in [0.5, 0.6) is 5.75 Å². The number of hydrogen-bond acceptors (Lipinski definition) is 7. The van der Waals surface area contributed by atoms with Crippen LogP contribution in [-0.4, -0.2) is 64.5 Å². The number of carbonyl (C=O) groups excluding carboxylic acids is 4. The van der Waals surface area contributed by atoms with E-state index in [1.807, 2.05) is 0 Å². The van der Waals surface area contributed by atoms with Gasteiger partial charge in [0, 0.05) is 12.8 Å². The Morgan fingerprint density at radius 1 is 0.939 bits per heavy atom. The zero-order valence-corrected chi connectivity index (χ0v) is 18.5. The average Bonchev–Trinajstić information content (AvgIpc) is 2.74. The first-order valence-electron chi connectivity index (χ1n) is 10.3. The van der Waals surface area contributed by atoms with Crippen LogP contribution in [0.15, 0.2) is 24.3 Å². The summed E-state index contributed by atoms with van der Waals surface area (Å²) in [7, 11) is 0. The molecule has 0 aliphatic rings. The van der Waals surface area contributed by atoms with Crippen molar-refractivity contribution in [3.05, 3.63) is 29.8 Å². The summed E-state index contributed by atoms with van der Waals surface area (Å²) in [6.07, 6.45) is -0.514. The molecule has 0 radical (unpaired) electrons. The molecule has 4 amide bonds. The number of aromatic hydroxyl groups is 1. The van der Waals surface area contributed by atoms with E-state index in [-0.39, 0.29) is 37.5 Å². The summed E-state index contributed by atoms with van der Waals surface area (Å²) >= 11 is 0. The number of carboxylic acid groups (broad SMARTS) is 1. The molecule has 1 aromatic rings. The molecular formula is C21H31N5O7. The molecule has 3 atom stereocenters. The summed E-state index contributed by atoms with van der Waals surface area (Å²) in [6, 6.07) is 2.28. The van der Waals surface area contributed by atoms with Crippen LogP contribution in [0.4, 0.5) is 0 Å². The molecule has 3 unspecified atom stereocenters. The van der Waals surface area contributed by atoms with Crippen LogP contribution in [0.25, 0.3) is 0 Å². The first-order valence-corrected chi connectivity index (χ1v) is 10.3. The van der Waals surface area contributed by atoms with Crippen molar-refractivity contribution < 1.29 is 34.2 Å². The smallest absolute Gasteiger partial charge is 0.326 e. The number of aliphatic carboxylic acids is 1. The Hall–Kier alpha value is -3.67. The second kappa shape index (κ2) is 13.0. The van der Waals surface area contributed by atoms with Crippen molar-refractivity contribution in [3.8, 4) is 5.75 Å². The molecule has 0 spiro atoms. The number of phenols is 1. The predicted molar refractivity (Wildman–Crippen MR) is 118 cm³/mol. The van der Waals surface area contributed by atoms with E-state index in [1.54, 1.807) is 26.0 Å². The Kier molecular flexibility index (Phi) is 10.8. The molecule has 0 saturated heterocycles. The fraction of sp³-hybridized carbons (Fsp3) is 0.476. The van der Waals surface area contributed by atoms with Gasteiger partial charge in [0.25, 0.3) is 0 Å². The monoisotopic (exact) mass is 465 g/mol. The van der Waals surface area contributed by atoms with Gasteiger partial charge >= 0.3 is 5.97 Å². The summed E-state index contributed by atoms with van der Waals surface area (Å²) in [5, 5.41) is 26.2. The lowest BCUT2D eigenvalue weighted by atomic mass is 10.0. The maximum atomic E-state index is 12.9. The maximum absolute atomic E-state index is 12.9. The predicted octanol–water partition coefficient (Wildman–Crippen LogP) is -1.65. The zero-order chi connectivity index (χ0) is 25.1. The van der Waals surface area contributed by atoms with E-state index in [1.165, 1.54) is 12.1 Å². The summed E-state index contributed by atoms with van der Waals surface area (Å²) in [4.78, 5) is 60.0. The van der Waals surface area contributed by atoms with Crippen LogP contribution >= 0.6 is 0 Å². The molecule has 9 N–H and O–H groups in total. The minimum Gasteiger partial charge on any atom is -0.508 e.